The molecule has 102 valence electrons. The minimum atomic E-state index is 0.251. The predicted molar refractivity (Wildman–Crippen MR) is 72.4 cm³/mol. The van der Waals surface area contributed by atoms with Crippen molar-refractivity contribution in [3.8, 4) is 0 Å². The molecular formula is C15H26N2O. The summed E-state index contributed by atoms with van der Waals surface area (Å²) in [7, 11) is 3.78. The Labute approximate surface area is 111 Å². The molecule has 0 aromatic rings. The second kappa shape index (κ2) is 4.75. The maximum atomic E-state index is 12.4. The fraction of sp³-hybridized carbons (Fsp3) is 0.933. The lowest BCUT2D eigenvalue weighted by molar-refractivity contribution is 0.135. The molecule has 0 N–H and O–H groups in total. The van der Waals surface area contributed by atoms with Gasteiger partial charge in [-0.2, -0.15) is 0 Å². The Morgan fingerprint density at radius 1 is 1.00 bits per heavy atom. The van der Waals surface area contributed by atoms with Gasteiger partial charge in [-0.05, 0) is 43.4 Å². The molecule has 0 aromatic carbocycles. The van der Waals surface area contributed by atoms with Gasteiger partial charge in [-0.1, -0.05) is 19.3 Å². The number of carbonyl (C=O) groups is 1. The van der Waals surface area contributed by atoms with Crippen molar-refractivity contribution < 1.29 is 4.79 Å². The van der Waals surface area contributed by atoms with Crippen LogP contribution < -0.4 is 0 Å². The molecule has 1 aliphatic heterocycles. The van der Waals surface area contributed by atoms with Crippen LogP contribution >= 0.6 is 0 Å². The van der Waals surface area contributed by atoms with E-state index in [1.54, 1.807) is 4.90 Å². The van der Waals surface area contributed by atoms with E-state index in [4.69, 9.17) is 0 Å². The van der Waals surface area contributed by atoms with Gasteiger partial charge in [0.2, 0.25) is 0 Å². The molecule has 2 saturated carbocycles. The van der Waals surface area contributed by atoms with Crippen LogP contribution in [0.1, 0.15) is 44.9 Å². The van der Waals surface area contributed by atoms with Gasteiger partial charge in [0, 0.05) is 26.7 Å². The van der Waals surface area contributed by atoms with Crippen molar-refractivity contribution in [2.75, 3.05) is 20.6 Å². The third kappa shape index (κ3) is 1.92. The van der Waals surface area contributed by atoms with Crippen molar-refractivity contribution in [1.29, 1.82) is 0 Å². The van der Waals surface area contributed by atoms with Crippen molar-refractivity contribution in [3.05, 3.63) is 0 Å². The molecule has 0 aromatic heterocycles. The van der Waals surface area contributed by atoms with E-state index in [2.05, 4.69) is 4.90 Å². The van der Waals surface area contributed by atoms with Gasteiger partial charge in [0.05, 0.1) is 0 Å². The number of urea groups is 1. The minimum Gasteiger partial charge on any atom is -0.331 e. The van der Waals surface area contributed by atoms with Crippen molar-refractivity contribution >= 4 is 6.03 Å². The highest BCUT2D eigenvalue weighted by Crippen LogP contribution is 2.48. The molecule has 1 saturated heterocycles. The van der Waals surface area contributed by atoms with Crippen LogP contribution in [0.2, 0.25) is 0 Å². The van der Waals surface area contributed by atoms with Crippen LogP contribution in [0.5, 0.6) is 0 Å². The Balaban J connectivity index is 1.81. The molecular weight excluding hydrogens is 224 g/mol. The maximum Gasteiger partial charge on any atom is 0.319 e. The zero-order valence-electron chi connectivity index (χ0n) is 11.8. The van der Waals surface area contributed by atoms with Gasteiger partial charge >= 0.3 is 6.03 Å². The lowest BCUT2D eigenvalue weighted by Gasteiger charge is -2.34. The molecule has 3 unspecified atom stereocenters. The first-order valence-corrected chi connectivity index (χ1v) is 7.66. The summed E-state index contributed by atoms with van der Waals surface area (Å²) >= 11 is 0. The number of amides is 2. The molecule has 3 fully saturated rings. The summed E-state index contributed by atoms with van der Waals surface area (Å²) in [6.07, 6.45) is 9.57. The van der Waals surface area contributed by atoms with Crippen molar-refractivity contribution in [3.63, 3.8) is 0 Å². The fourth-order valence-corrected chi connectivity index (χ4v) is 4.71. The van der Waals surface area contributed by atoms with Crippen molar-refractivity contribution in [2.45, 2.75) is 51.0 Å². The average molecular weight is 250 g/mol. The summed E-state index contributed by atoms with van der Waals surface area (Å²) in [4.78, 5) is 16.4. The molecule has 0 spiro atoms. The number of hydrogen-bond acceptors (Lipinski definition) is 1. The van der Waals surface area contributed by atoms with Crippen LogP contribution in [0.15, 0.2) is 0 Å². The largest absolute Gasteiger partial charge is 0.331 e. The molecule has 3 heteroatoms. The van der Waals surface area contributed by atoms with E-state index >= 15 is 0 Å². The van der Waals surface area contributed by atoms with E-state index in [1.807, 2.05) is 14.1 Å². The molecule has 18 heavy (non-hydrogen) atoms. The molecule has 2 aliphatic carbocycles. The lowest BCUT2D eigenvalue weighted by Crippen LogP contribution is -2.46. The van der Waals surface area contributed by atoms with E-state index in [-0.39, 0.29) is 6.03 Å². The minimum absolute atomic E-state index is 0.251. The third-order valence-corrected chi connectivity index (χ3v) is 5.46. The van der Waals surface area contributed by atoms with Crippen LogP contribution in [0, 0.1) is 17.8 Å². The zero-order valence-corrected chi connectivity index (χ0v) is 11.8. The van der Waals surface area contributed by atoms with Gasteiger partial charge in [0.15, 0.2) is 0 Å². The number of rotatable bonds is 1. The SMILES string of the molecule is CN(C)C(=O)N1CC2CCCC2C1C1CCCC1. The second-order valence-corrected chi connectivity index (χ2v) is 6.72. The molecule has 2 amide bonds. The quantitative estimate of drug-likeness (QED) is 0.702. The first kappa shape index (κ1) is 12.3. The Morgan fingerprint density at radius 2 is 1.67 bits per heavy atom. The highest BCUT2D eigenvalue weighted by Gasteiger charge is 2.49. The molecule has 0 radical (unpaired) electrons. The molecule has 3 atom stereocenters. The van der Waals surface area contributed by atoms with E-state index in [1.165, 1.54) is 44.9 Å². The summed E-state index contributed by atoms with van der Waals surface area (Å²) < 4.78 is 0. The lowest BCUT2D eigenvalue weighted by atomic mass is 9.84. The summed E-state index contributed by atoms with van der Waals surface area (Å²) in [5, 5.41) is 0. The van der Waals surface area contributed by atoms with Crippen LogP contribution in [0.4, 0.5) is 4.79 Å². The van der Waals surface area contributed by atoms with Crippen LogP contribution in [-0.2, 0) is 0 Å². The third-order valence-electron chi connectivity index (χ3n) is 5.46. The summed E-state index contributed by atoms with van der Waals surface area (Å²) in [5.41, 5.74) is 0. The zero-order chi connectivity index (χ0) is 12.7. The number of carbonyl (C=O) groups excluding carboxylic acids is 1. The Morgan fingerprint density at radius 3 is 2.33 bits per heavy atom. The van der Waals surface area contributed by atoms with Crippen LogP contribution in [-0.4, -0.2) is 42.5 Å². The van der Waals surface area contributed by atoms with Gasteiger partial charge in [-0.25, -0.2) is 4.79 Å². The van der Waals surface area contributed by atoms with Gasteiger partial charge in [-0.15, -0.1) is 0 Å². The first-order valence-electron chi connectivity index (χ1n) is 7.66. The molecule has 3 aliphatic rings. The van der Waals surface area contributed by atoms with Gasteiger partial charge in [-0.3, -0.25) is 0 Å². The van der Waals surface area contributed by atoms with E-state index < -0.39 is 0 Å². The summed E-state index contributed by atoms with van der Waals surface area (Å²) in [5.74, 6) is 2.42. The van der Waals surface area contributed by atoms with Crippen LogP contribution in [0.3, 0.4) is 0 Å². The Hall–Kier alpha value is -0.730. The first-order chi connectivity index (χ1) is 8.68. The molecule has 3 rings (SSSR count). The number of nitrogens with zero attached hydrogens (tertiary/aromatic N) is 2. The van der Waals surface area contributed by atoms with Crippen molar-refractivity contribution in [2.24, 2.45) is 17.8 Å². The second-order valence-electron chi connectivity index (χ2n) is 6.72. The average Bonchev–Trinajstić information content (AvgIpc) is 3.02. The normalized spacial score (nSPS) is 36.1. The standard InChI is InChI=1S/C15H26N2O/c1-16(2)15(18)17-10-12-8-5-9-13(12)14(17)11-6-3-4-7-11/h11-14H,3-10H2,1-2H3. The number of hydrogen-bond donors (Lipinski definition) is 0. The Bertz CT molecular complexity index is 322. The predicted octanol–water partition coefficient (Wildman–Crippen LogP) is 2.96. The van der Waals surface area contributed by atoms with Gasteiger partial charge < -0.3 is 9.80 Å². The fourth-order valence-electron chi connectivity index (χ4n) is 4.71. The monoisotopic (exact) mass is 250 g/mol. The van der Waals surface area contributed by atoms with Crippen molar-refractivity contribution in [1.82, 2.24) is 9.80 Å². The number of fused-ring (bicyclic) bond motifs is 1. The summed E-state index contributed by atoms with van der Waals surface area (Å²) in [6.45, 7) is 1.03. The topological polar surface area (TPSA) is 23.6 Å². The molecule has 3 nitrogen and oxygen atoms in total. The van der Waals surface area contributed by atoms with E-state index in [0.29, 0.717) is 6.04 Å². The van der Waals surface area contributed by atoms with E-state index in [9.17, 15) is 4.79 Å². The smallest absolute Gasteiger partial charge is 0.319 e. The number of likely N-dealkylation sites (tertiary alicyclic amines) is 1. The Kier molecular flexibility index (Phi) is 3.25. The maximum absolute atomic E-state index is 12.4. The van der Waals surface area contributed by atoms with E-state index in [0.717, 1.165) is 24.3 Å². The van der Waals surface area contributed by atoms with Gasteiger partial charge in [0.25, 0.3) is 0 Å². The molecule has 1 heterocycles. The van der Waals surface area contributed by atoms with Gasteiger partial charge in [0.1, 0.15) is 0 Å². The molecule has 0 bridgehead atoms. The highest BCUT2D eigenvalue weighted by atomic mass is 16.2. The van der Waals surface area contributed by atoms with Crippen LogP contribution in [0.25, 0.3) is 0 Å². The summed E-state index contributed by atoms with van der Waals surface area (Å²) in [6, 6.07) is 0.816. The highest BCUT2D eigenvalue weighted by molar-refractivity contribution is 5.74.